The number of carbonyl (C=O) groups excluding carboxylic acids is 3. The molecule has 3 aromatic rings. The Hall–Kier alpha value is -4.18. The lowest BCUT2D eigenvalue weighted by atomic mass is 9.95. The number of ketones is 1. The predicted molar refractivity (Wildman–Crippen MR) is 143 cm³/mol. The van der Waals surface area contributed by atoms with Gasteiger partial charge in [-0.2, -0.15) is 0 Å². The number of methoxy groups -OCH3 is 1. The van der Waals surface area contributed by atoms with E-state index in [4.69, 9.17) is 14.2 Å². The van der Waals surface area contributed by atoms with Gasteiger partial charge in [0.25, 0.3) is 5.78 Å². The van der Waals surface area contributed by atoms with Gasteiger partial charge >= 0.3 is 11.9 Å². The van der Waals surface area contributed by atoms with Gasteiger partial charge in [-0.1, -0.05) is 42.5 Å². The number of aryl methyl sites for hydroxylation is 1. The summed E-state index contributed by atoms with van der Waals surface area (Å²) in [7, 11) is 1.26. The summed E-state index contributed by atoms with van der Waals surface area (Å²) in [5.41, 5.74) is 1.16. The summed E-state index contributed by atoms with van der Waals surface area (Å²) in [4.78, 5) is 44.9. The van der Waals surface area contributed by atoms with Gasteiger partial charge in [-0.15, -0.1) is 0 Å². The van der Waals surface area contributed by atoms with Gasteiger partial charge in [0.15, 0.2) is 5.13 Å². The molecule has 0 spiro atoms. The molecule has 10 heteroatoms. The van der Waals surface area contributed by atoms with E-state index < -0.39 is 23.7 Å². The van der Waals surface area contributed by atoms with Crippen molar-refractivity contribution in [1.29, 1.82) is 0 Å². The number of hydrogen-bond acceptors (Lipinski definition) is 9. The standard InChI is InChI=1S/C28H28N2O7S/c1-5-14-37-20-9-7-8-18(15-20)23(31)21-22(17-10-12-19(13-11-17)36-6-2)30(26(33)24(21)32)28-29-16(3)25(38-28)27(34)35-4/h7-13,15,22,31H,5-6,14H2,1-4H3. The maximum absolute atomic E-state index is 13.4. The van der Waals surface area contributed by atoms with Crippen molar-refractivity contribution in [2.75, 3.05) is 25.2 Å². The van der Waals surface area contributed by atoms with E-state index in [9.17, 15) is 19.5 Å². The maximum atomic E-state index is 13.4. The van der Waals surface area contributed by atoms with Crippen LogP contribution in [0.2, 0.25) is 0 Å². The fourth-order valence-electron chi connectivity index (χ4n) is 4.13. The number of hydrogen-bond donors (Lipinski definition) is 1. The molecule has 2 heterocycles. The number of esters is 1. The van der Waals surface area contributed by atoms with Crippen LogP contribution in [0.3, 0.4) is 0 Å². The summed E-state index contributed by atoms with van der Waals surface area (Å²) in [6, 6.07) is 12.6. The Morgan fingerprint density at radius 1 is 1.08 bits per heavy atom. The molecule has 1 saturated heterocycles. The van der Waals surface area contributed by atoms with E-state index in [-0.39, 0.29) is 21.3 Å². The number of aromatic nitrogens is 1. The van der Waals surface area contributed by atoms with Crippen LogP contribution in [0.1, 0.15) is 52.8 Å². The number of rotatable bonds is 9. The van der Waals surface area contributed by atoms with Crippen LogP contribution in [-0.2, 0) is 14.3 Å². The topological polar surface area (TPSA) is 115 Å². The first kappa shape index (κ1) is 26.9. The summed E-state index contributed by atoms with van der Waals surface area (Å²) in [6.07, 6.45) is 0.805. The number of benzene rings is 2. The monoisotopic (exact) mass is 536 g/mol. The van der Waals surface area contributed by atoms with Crippen LogP contribution < -0.4 is 14.4 Å². The van der Waals surface area contributed by atoms with Gasteiger partial charge in [-0.3, -0.25) is 14.5 Å². The molecule has 0 radical (unpaired) electrons. The number of amides is 1. The molecule has 2 aromatic carbocycles. The number of Topliss-reactive ketones (excluding diaryl/α,β-unsaturated/α-hetero) is 1. The van der Waals surface area contributed by atoms with Crippen LogP contribution in [0.4, 0.5) is 5.13 Å². The van der Waals surface area contributed by atoms with Crippen molar-refractivity contribution in [1.82, 2.24) is 4.98 Å². The number of nitrogens with zero attached hydrogens (tertiary/aromatic N) is 2. The minimum atomic E-state index is -0.998. The SMILES string of the molecule is CCCOc1cccc(C(O)=C2C(=O)C(=O)N(c3nc(C)c(C(=O)OC)s3)C2c2ccc(OCC)cc2)c1. The molecular weight excluding hydrogens is 508 g/mol. The van der Waals surface area contributed by atoms with E-state index in [2.05, 4.69) is 4.98 Å². The van der Waals surface area contributed by atoms with E-state index >= 15 is 0 Å². The first-order valence-corrected chi connectivity index (χ1v) is 12.9. The average Bonchev–Trinajstić information content (AvgIpc) is 3.43. The van der Waals surface area contributed by atoms with Crippen molar-refractivity contribution < 1.29 is 33.7 Å². The minimum absolute atomic E-state index is 0.0979. The lowest BCUT2D eigenvalue weighted by Gasteiger charge is -2.23. The molecular formula is C28H28N2O7S. The molecule has 1 aromatic heterocycles. The van der Waals surface area contributed by atoms with Gasteiger partial charge in [-0.05, 0) is 50.1 Å². The van der Waals surface area contributed by atoms with Crippen LogP contribution in [0, 0.1) is 6.92 Å². The van der Waals surface area contributed by atoms with Gasteiger partial charge in [-0.25, -0.2) is 9.78 Å². The van der Waals surface area contributed by atoms with E-state index in [1.807, 2.05) is 13.8 Å². The number of anilines is 1. The molecule has 1 N–H and O–H groups in total. The zero-order valence-corrected chi connectivity index (χ0v) is 22.3. The second-order valence-electron chi connectivity index (χ2n) is 8.45. The van der Waals surface area contributed by atoms with E-state index in [1.165, 1.54) is 12.0 Å². The third-order valence-electron chi connectivity index (χ3n) is 5.89. The zero-order valence-electron chi connectivity index (χ0n) is 21.5. The number of aliphatic hydroxyl groups excluding tert-OH is 1. The average molecular weight is 537 g/mol. The Morgan fingerprint density at radius 2 is 1.82 bits per heavy atom. The molecule has 1 unspecified atom stereocenters. The summed E-state index contributed by atoms with van der Waals surface area (Å²) < 4.78 is 16.1. The molecule has 1 aliphatic heterocycles. The molecule has 1 atom stereocenters. The highest BCUT2D eigenvalue weighted by atomic mass is 32.1. The van der Waals surface area contributed by atoms with Crippen LogP contribution in [0.25, 0.3) is 5.76 Å². The zero-order chi connectivity index (χ0) is 27.4. The Balaban J connectivity index is 1.88. The number of aliphatic hydroxyl groups is 1. The van der Waals surface area contributed by atoms with Crippen molar-refractivity contribution in [2.24, 2.45) is 0 Å². The quantitative estimate of drug-likeness (QED) is 0.175. The molecule has 0 bridgehead atoms. The molecule has 1 fully saturated rings. The lowest BCUT2D eigenvalue weighted by Crippen LogP contribution is -2.29. The molecule has 1 aliphatic rings. The first-order valence-electron chi connectivity index (χ1n) is 12.1. The summed E-state index contributed by atoms with van der Waals surface area (Å²) in [5, 5.41) is 11.5. The third kappa shape index (κ3) is 5.12. The van der Waals surface area contributed by atoms with Crippen LogP contribution in [-0.4, -0.2) is 48.1 Å². The fourth-order valence-corrected chi connectivity index (χ4v) is 5.15. The smallest absolute Gasteiger partial charge is 0.350 e. The Bertz CT molecular complexity index is 1390. The first-order chi connectivity index (χ1) is 18.3. The number of carbonyl (C=O) groups is 3. The van der Waals surface area contributed by atoms with Crippen molar-refractivity contribution in [3.63, 3.8) is 0 Å². The van der Waals surface area contributed by atoms with Crippen molar-refractivity contribution in [3.05, 3.63) is 75.8 Å². The number of ether oxygens (including phenoxy) is 3. The highest BCUT2D eigenvalue weighted by molar-refractivity contribution is 7.17. The van der Waals surface area contributed by atoms with Crippen LogP contribution in [0.15, 0.2) is 54.1 Å². The molecule has 0 aliphatic carbocycles. The van der Waals surface area contributed by atoms with Gasteiger partial charge in [0, 0.05) is 5.56 Å². The van der Waals surface area contributed by atoms with Gasteiger partial charge in [0.2, 0.25) is 0 Å². The van der Waals surface area contributed by atoms with Crippen molar-refractivity contribution >= 4 is 39.9 Å². The second-order valence-corrected chi connectivity index (χ2v) is 9.43. The van der Waals surface area contributed by atoms with Gasteiger partial charge in [0.05, 0.1) is 37.6 Å². The molecule has 1 amide bonds. The van der Waals surface area contributed by atoms with Crippen LogP contribution >= 0.6 is 11.3 Å². The summed E-state index contributed by atoms with van der Waals surface area (Å²) in [5.74, 6) is -1.52. The van der Waals surface area contributed by atoms with Crippen molar-refractivity contribution in [2.45, 2.75) is 33.2 Å². The van der Waals surface area contributed by atoms with Crippen molar-refractivity contribution in [3.8, 4) is 11.5 Å². The summed E-state index contributed by atoms with van der Waals surface area (Å²) >= 11 is 0.944. The second kappa shape index (κ2) is 11.5. The van der Waals surface area contributed by atoms with E-state index in [0.717, 1.165) is 17.8 Å². The lowest BCUT2D eigenvalue weighted by molar-refractivity contribution is -0.132. The largest absolute Gasteiger partial charge is 0.507 e. The maximum Gasteiger partial charge on any atom is 0.350 e. The van der Waals surface area contributed by atoms with E-state index in [1.54, 1.807) is 55.5 Å². The third-order valence-corrected chi connectivity index (χ3v) is 7.03. The normalized spacial score (nSPS) is 16.5. The molecule has 9 nitrogen and oxygen atoms in total. The Morgan fingerprint density at radius 3 is 2.47 bits per heavy atom. The minimum Gasteiger partial charge on any atom is -0.507 e. The van der Waals surface area contributed by atoms with E-state index in [0.29, 0.717) is 41.5 Å². The fraction of sp³-hybridized carbons (Fsp3) is 0.286. The Kier molecular flexibility index (Phi) is 8.11. The highest BCUT2D eigenvalue weighted by Crippen LogP contribution is 2.44. The summed E-state index contributed by atoms with van der Waals surface area (Å²) in [6.45, 7) is 6.44. The molecule has 4 rings (SSSR count). The van der Waals surface area contributed by atoms with Gasteiger partial charge in [0.1, 0.15) is 22.1 Å². The predicted octanol–water partition coefficient (Wildman–Crippen LogP) is 5.05. The van der Waals surface area contributed by atoms with Gasteiger partial charge < -0.3 is 19.3 Å². The highest BCUT2D eigenvalue weighted by Gasteiger charge is 2.48. The van der Waals surface area contributed by atoms with Crippen LogP contribution in [0.5, 0.6) is 11.5 Å². The number of thiazole rings is 1. The molecule has 0 saturated carbocycles. The Labute approximate surface area is 224 Å². The molecule has 198 valence electrons. The molecule has 38 heavy (non-hydrogen) atoms.